The fourth-order valence-electron chi connectivity index (χ4n) is 5.02. The summed E-state index contributed by atoms with van der Waals surface area (Å²) in [5.74, 6) is -0.446. The first-order valence-corrected chi connectivity index (χ1v) is 10.9. The molecule has 0 aromatic heterocycles. The van der Waals surface area contributed by atoms with Crippen molar-refractivity contribution in [1.29, 1.82) is 0 Å². The molecule has 0 radical (unpaired) electrons. The molecule has 0 aliphatic heterocycles. The first kappa shape index (κ1) is 23.7. The Hall–Kier alpha value is -1.62. The molecule has 164 valence electrons. The van der Waals surface area contributed by atoms with Crippen molar-refractivity contribution < 1.29 is 24.2 Å². The van der Waals surface area contributed by atoms with Crippen molar-refractivity contribution in [3.05, 3.63) is 23.3 Å². The number of rotatable bonds is 4. The molecule has 0 amide bonds. The highest BCUT2D eigenvalue weighted by molar-refractivity contribution is 5.66. The summed E-state index contributed by atoms with van der Waals surface area (Å²) in [5, 5.41) is 11.6. The van der Waals surface area contributed by atoms with Gasteiger partial charge in [-0.3, -0.25) is 9.59 Å². The third kappa shape index (κ3) is 5.71. The lowest BCUT2D eigenvalue weighted by molar-refractivity contribution is -0.148. The molecule has 2 aliphatic rings. The van der Waals surface area contributed by atoms with Gasteiger partial charge in [0.2, 0.25) is 0 Å². The molecular formula is C24H38O5. The second-order valence-corrected chi connectivity index (χ2v) is 9.52. The fourth-order valence-corrected chi connectivity index (χ4v) is 5.02. The third-order valence-corrected chi connectivity index (χ3v) is 7.06. The number of carbonyl (C=O) groups excluding carboxylic acids is 2. The van der Waals surface area contributed by atoms with Crippen molar-refractivity contribution in [3.63, 3.8) is 0 Å². The van der Waals surface area contributed by atoms with Crippen LogP contribution >= 0.6 is 0 Å². The van der Waals surface area contributed by atoms with E-state index in [9.17, 15) is 14.7 Å². The van der Waals surface area contributed by atoms with E-state index >= 15 is 0 Å². The van der Waals surface area contributed by atoms with Gasteiger partial charge in [0.1, 0.15) is 12.7 Å². The smallest absolute Gasteiger partial charge is 0.303 e. The van der Waals surface area contributed by atoms with Gasteiger partial charge in [0.25, 0.3) is 0 Å². The zero-order chi connectivity index (χ0) is 21.8. The average molecular weight is 407 g/mol. The highest BCUT2D eigenvalue weighted by Crippen LogP contribution is 2.56. The Bertz CT molecular complexity index is 677. The fraction of sp³-hybridized carbons (Fsp3) is 0.750. The molecule has 2 aliphatic carbocycles. The lowest BCUT2D eigenvalue weighted by Crippen LogP contribution is -2.45. The van der Waals surface area contributed by atoms with Crippen molar-refractivity contribution in [3.8, 4) is 0 Å². The highest BCUT2D eigenvalue weighted by atomic mass is 16.5. The minimum atomic E-state index is -0.786. The van der Waals surface area contributed by atoms with Crippen molar-refractivity contribution in [1.82, 2.24) is 0 Å². The van der Waals surface area contributed by atoms with Crippen LogP contribution in [0.1, 0.15) is 80.1 Å². The van der Waals surface area contributed by atoms with E-state index in [2.05, 4.69) is 32.9 Å². The van der Waals surface area contributed by atoms with E-state index in [1.54, 1.807) is 0 Å². The molecule has 0 heterocycles. The number of aliphatic hydroxyl groups is 1. The Balaban J connectivity index is 2.43. The number of esters is 2. The standard InChI is InChI=1S/C24H38O5/c1-16(2)24(27)13-12-23(6)11-10-20(15-28-18(4)25)9-7-8-17(3)21(14-22(23)24)29-19(5)26/h8,10,16,21-22,27H,7,9,11-15H2,1-6H3. The number of fused-ring (bicyclic) bond motifs is 1. The summed E-state index contributed by atoms with van der Waals surface area (Å²) in [6.07, 6.45) is 8.69. The Morgan fingerprint density at radius 3 is 2.48 bits per heavy atom. The van der Waals surface area contributed by atoms with Gasteiger partial charge in [0.05, 0.1) is 5.60 Å². The topological polar surface area (TPSA) is 72.8 Å². The van der Waals surface area contributed by atoms with Crippen molar-refractivity contribution in [2.24, 2.45) is 17.3 Å². The number of ether oxygens (including phenoxy) is 2. The summed E-state index contributed by atoms with van der Waals surface area (Å²) in [6, 6.07) is 0. The maximum absolute atomic E-state index is 11.8. The molecule has 0 spiro atoms. The molecule has 1 fully saturated rings. The second kappa shape index (κ2) is 9.46. The Morgan fingerprint density at radius 2 is 1.90 bits per heavy atom. The lowest BCUT2D eigenvalue weighted by atomic mass is 9.67. The predicted molar refractivity (Wildman–Crippen MR) is 113 cm³/mol. The van der Waals surface area contributed by atoms with Crippen LogP contribution in [0.3, 0.4) is 0 Å². The lowest BCUT2D eigenvalue weighted by Gasteiger charge is -2.42. The summed E-state index contributed by atoms with van der Waals surface area (Å²) in [7, 11) is 0. The van der Waals surface area contributed by atoms with Crippen LogP contribution in [0.15, 0.2) is 23.3 Å². The van der Waals surface area contributed by atoms with Crippen LogP contribution in [0.2, 0.25) is 0 Å². The van der Waals surface area contributed by atoms with E-state index in [1.165, 1.54) is 13.8 Å². The Labute approximate surface area is 175 Å². The van der Waals surface area contributed by atoms with Gasteiger partial charge in [-0.1, -0.05) is 32.9 Å². The largest absolute Gasteiger partial charge is 0.461 e. The zero-order valence-corrected chi connectivity index (χ0v) is 18.9. The Morgan fingerprint density at radius 1 is 1.21 bits per heavy atom. The molecule has 5 nitrogen and oxygen atoms in total. The van der Waals surface area contributed by atoms with Crippen LogP contribution in [0.5, 0.6) is 0 Å². The summed E-state index contributed by atoms with van der Waals surface area (Å²) < 4.78 is 11.0. The molecule has 5 heteroatoms. The van der Waals surface area contributed by atoms with Crippen LogP contribution in [0.25, 0.3) is 0 Å². The van der Waals surface area contributed by atoms with Crippen LogP contribution in [0.4, 0.5) is 0 Å². The predicted octanol–water partition coefficient (Wildman–Crippen LogP) is 4.73. The molecule has 0 bridgehead atoms. The van der Waals surface area contributed by atoms with Gasteiger partial charge in [-0.05, 0) is 73.8 Å². The highest BCUT2D eigenvalue weighted by Gasteiger charge is 2.55. The molecule has 0 aromatic rings. The van der Waals surface area contributed by atoms with Crippen LogP contribution in [0, 0.1) is 17.3 Å². The van der Waals surface area contributed by atoms with Gasteiger partial charge in [-0.25, -0.2) is 0 Å². The van der Waals surface area contributed by atoms with Crippen LogP contribution < -0.4 is 0 Å². The van der Waals surface area contributed by atoms with Crippen molar-refractivity contribution >= 4 is 11.9 Å². The third-order valence-electron chi connectivity index (χ3n) is 7.06. The minimum absolute atomic E-state index is 0.00651. The molecule has 1 N–H and O–H groups in total. The summed E-state index contributed by atoms with van der Waals surface area (Å²) in [4.78, 5) is 23.1. The molecule has 4 atom stereocenters. The van der Waals surface area contributed by atoms with E-state index in [0.29, 0.717) is 13.0 Å². The van der Waals surface area contributed by atoms with Gasteiger partial charge in [-0.2, -0.15) is 0 Å². The summed E-state index contributed by atoms with van der Waals surface area (Å²) in [6.45, 7) is 11.6. The first-order chi connectivity index (χ1) is 13.5. The quantitative estimate of drug-likeness (QED) is 0.540. The maximum Gasteiger partial charge on any atom is 0.303 e. The Kier molecular flexibility index (Phi) is 7.72. The normalized spacial score (nSPS) is 33.2. The summed E-state index contributed by atoms with van der Waals surface area (Å²) in [5.41, 5.74) is 1.24. The van der Waals surface area contributed by atoms with Gasteiger partial charge >= 0.3 is 11.9 Å². The van der Waals surface area contributed by atoms with Crippen LogP contribution in [-0.4, -0.2) is 35.4 Å². The van der Waals surface area contributed by atoms with E-state index in [4.69, 9.17) is 9.47 Å². The molecule has 2 rings (SSSR count). The van der Waals surface area contributed by atoms with E-state index in [1.807, 2.05) is 6.92 Å². The zero-order valence-electron chi connectivity index (χ0n) is 18.9. The molecular weight excluding hydrogens is 368 g/mol. The summed E-state index contributed by atoms with van der Waals surface area (Å²) >= 11 is 0. The van der Waals surface area contributed by atoms with E-state index in [0.717, 1.165) is 43.3 Å². The van der Waals surface area contributed by atoms with Crippen molar-refractivity contribution in [2.45, 2.75) is 91.8 Å². The number of allylic oxidation sites excluding steroid dienone is 2. The second-order valence-electron chi connectivity index (χ2n) is 9.52. The van der Waals surface area contributed by atoms with Gasteiger partial charge < -0.3 is 14.6 Å². The van der Waals surface area contributed by atoms with E-state index in [-0.39, 0.29) is 35.3 Å². The SMILES string of the molecule is CC(=O)OCC1=CCC2(C)CCC(O)(C(C)C)C2CC(OC(C)=O)C(C)=CCC1. The van der Waals surface area contributed by atoms with Gasteiger partial charge in [0, 0.05) is 13.8 Å². The number of carbonyl (C=O) groups is 2. The number of hydrogen-bond acceptors (Lipinski definition) is 5. The monoisotopic (exact) mass is 406 g/mol. The first-order valence-electron chi connectivity index (χ1n) is 10.9. The van der Waals surface area contributed by atoms with Crippen LogP contribution in [-0.2, 0) is 19.1 Å². The molecule has 0 saturated heterocycles. The van der Waals surface area contributed by atoms with Crippen molar-refractivity contribution in [2.75, 3.05) is 6.61 Å². The molecule has 4 unspecified atom stereocenters. The molecule has 1 saturated carbocycles. The van der Waals surface area contributed by atoms with Gasteiger partial charge in [-0.15, -0.1) is 0 Å². The number of hydrogen-bond donors (Lipinski definition) is 1. The van der Waals surface area contributed by atoms with E-state index < -0.39 is 5.60 Å². The maximum atomic E-state index is 11.8. The average Bonchev–Trinajstić information content (AvgIpc) is 2.87. The van der Waals surface area contributed by atoms with Gasteiger partial charge in [0.15, 0.2) is 0 Å². The molecule has 29 heavy (non-hydrogen) atoms. The molecule has 0 aromatic carbocycles. The minimum Gasteiger partial charge on any atom is -0.461 e.